The van der Waals surface area contributed by atoms with Gasteiger partial charge in [-0.2, -0.15) is 0 Å². The Morgan fingerprint density at radius 2 is 2.00 bits per heavy atom. The van der Waals surface area contributed by atoms with Gasteiger partial charge in [0.25, 0.3) is 5.91 Å². The van der Waals surface area contributed by atoms with Gasteiger partial charge in [0, 0.05) is 12.2 Å². The number of nitrogens with zero attached hydrogens (tertiary/aromatic N) is 2. The minimum Gasteiger partial charge on any atom is -0.356 e. The number of hydrogen-bond donors (Lipinski definition) is 0. The number of hydrogen-bond acceptors (Lipinski definition) is 5. The normalized spacial score (nSPS) is 33.0. The van der Waals surface area contributed by atoms with E-state index in [4.69, 9.17) is 25.8 Å². The second kappa shape index (κ2) is 5.31. The second-order valence-corrected chi connectivity index (χ2v) is 6.45. The number of ether oxygens (including phenoxy) is 3. The van der Waals surface area contributed by atoms with E-state index in [1.54, 1.807) is 22.6 Å². The monoisotopic (exact) mass is 340 g/mol. The largest absolute Gasteiger partial charge is 0.356 e. The Morgan fingerprint density at radius 3 is 2.70 bits per heavy atom. The minimum atomic E-state index is -0.730. The lowest BCUT2D eigenvalue weighted by molar-refractivity contribution is -0.383. The van der Waals surface area contributed by atoms with E-state index in [0.717, 1.165) is 6.42 Å². The summed E-state index contributed by atoms with van der Waals surface area (Å²) >= 11 is 6.22. The zero-order chi connectivity index (χ0) is 16.3. The van der Waals surface area contributed by atoms with Crippen LogP contribution in [0.5, 0.6) is 0 Å². The molecule has 0 bridgehead atoms. The van der Waals surface area contributed by atoms with Gasteiger partial charge in [0.1, 0.15) is 10.7 Å². The smallest absolute Gasteiger partial charge is 0.274 e. The molecule has 3 aliphatic heterocycles. The van der Waals surface area contributed by atoms with Crippen molar-refractivity contribution in [1.29, 1.82) is 0 Å². The summed E-state index contributed by atoms with van der Waals surface area (Å²) in [4.78, 5) is 26.9. The predicted molar refractivity (Wildman–Crippen MR) is 80.1 cm³/mol. The van der Waals surface area contributed by atoms with Crippen LogP contribution in [0.15, 0.2) is 11.0 Å². The number of amides is 1. The van der Waals surface area contributed by atoms with Crippen molar-refractivity contribution in [2.75, 3.05) is 6.61 Å². The van der Waals surface area contributed by atoms with Crippen LogP contribution in [0.25, 0.3) is 0 Å². The number of halogens is 1. The molecular formula is C15H17ClN2O5. The number of fused-ring (bicyclic) bond motifs is 2. The highest BCUT2D eigenvalue weighted by molar-refractivity contribution is 6.33. The Labute approximate surface area is 137 Å². The SMILES string of the molecule is CC1OC(c2cn3c(c(Cl)c2=O)C(=O)N2[C@H](C)CCO[C@H]2C3)O1. The van der Waals surface area contributed by atoms with Gasteiger partial charge in [0.15, 0.2) is 18.8 Å². The Balaban J connectivity index is 1.79. The number of rotatable bonds is 1. The highest BCUT2D eigenvalue weighted by Gasteiger charge is 2.41. The first-order chi connectivity index (χ1) is 11.0. The quantitative estimate of drug-likeness (QED) is 0.774. The summed E-state index contributed by atoms with van der Waals surface area (Å²) in [5.74, 6) is -0.272. The van der Waals surface area contributed by atoms with Gasteiger partial charge in [-0.15, -0.1) is 0 Å². The van der Waals surface area contributed by atoms with Crippen molar-refractivity contribution in [2.45, 2.75) is 51.7 Å². The molecule has 0 spiro atoms. The molecule has 0 unspecified atom stereocenters. The van der Waals surface area contributed by atoms with E-state index in [9.17, 15) is 9.59 Å². The van der Waals surface area contributed by atoms with E-state index in [0.29, 0.717) is 18.7 Å². The lowest BCUT2D eigenvalue weighted by atomic mass is 10.1. The average Bonchev–Trinajstić information content (AvgIpc) is 2.47. The van der Waals surface area contributed by atoms with Crippen molar-refractivity contribution in [3.8, 4) is 0 Å². The standard InChI is InChI=1S/C15H17ClN2O5/c1-7-3-4-21-10-6-17-5-9(15-22-8(2)23-15)13(19)11(16)12(17)14(20)18(7)10/h5,7-8,10,15H,3-4,6H2,1-2H3/t7-,8?,10+,15?/m1/s1. The molecule has 0 radical (unpaired) electrons. The van der Waals surface area contributed by atoms with Gasteiger partial charge < -0.3 is 23.7 Å². The minimum absolute atomic E-state index is 0.0555. The maximum atomic E-state index is 12.8. The third-order valence-electron chi connectivity index (χ3n) is 4.56. The van der Waals surface area contributed by atoms with Crippen LogP contribution in [0.1, 0.15) is 42.6 Å². The maximum Gasteiger partial charge on any atom is 0.274 e. The van der Waals surface area contributed by atoms with E-state index < -0.39 is 11.7 Å². The summed E-state index contributed by atoms with van der Waals surface area (Å²) in [6.07, 6.45) is 0.945. The predicted octanol–water partition coefficient (Wildman–Crippen LogP) is 1.48. The maximum absolute atomic E-state index is 12.8. The first-order valence-electron chi connectivity index (χ1n) is 7.65. The molecule has 2 atom stereocenters. The lowest BCUT2D eigenvalue weighted by Crippen LogP contribution is -2.57. The first kappa shape index (κ1) is 15.1. The molecule has 23 heavy (non-hydrogen) atoms. The number of aromatic nitrogens is 1. The molecule has 8 heteroatoms. The average molecular weight is 341 g/mol. The van der Waals surface area contributed by atoms with Crippen LogP contribution in [0, 0.1) is 0 Å². The van der Waals surface area contributed by atoms with Crippen LogP contribution < -0.4 is 5.43 Å². The van der Waals surface area contributed by atoms with Crippen LogP contribution >= 0.6 is 11.6 Å². The highest BCUT2D eigenvalue weighted by Crippen LogP contribution is 2.33. The Morgan fingerprint density at radius 1 is 1.26 bits per heavy atom. The van der Waals surface area contributed by atoms with Crippen molar-refractivity contribution < 1.29 is 19.0 Å². The van der Waals surface area contributed by atoms with Gasteiger partial charge in [-0.25, -0.2) is 0 Å². The van der Waals surface area contributed by atoms with Crippen molar-refractivity contribution >= 4 is 17.5 Å². The summed E-state index contributed by atoms with van der Waals surface area (Å²) in [6, 6.07) is 0.0555. The van der Waals surface area contributed by atoms with Crippen LogP contribution in [0.3, 0.4) is 0 Å². The third-order valence-corrected chi connectivity index (χ3v) is 4.91. The van der Waals surface area contributed by atoms with Crippen molar-refractivity contribution in [2.24, 2.45) is 0 Å². The highest BCUT2D eigenvalue weighted by atomic mass is 35.5. The number of carbonyl (C=O) groups is 1. The molecule has 1 aromatic rings. The lowest BCUT2D eigenvalue weighted by Gasteiger charge is -2.44. The van der Waals surface area contributed by atoms with E-state index in [1.807, 2.05) is 6.92 Å². The molecule has 0 saturated carbocycles. The third kappa shape index (κ3) is 2.22. The van der Waals surface area contributed by atoms with E-state index in [-0.39, 0.29) is 35.2 Å². The molecule has 0 aliphatic carbocycles. The van der Waals surface area contributed by atoms with Gasteiger partial charge in [0.2, 0.25) is 5.43 Å². The summed E-state index contributed by atoms with van der Waals surface area (Å²) in [7, 11) is 0. The summed E-state index contributed by atoms with van der Waals surface area (Å²) in [6.45, 7) is 4.76. The topological polar surface area (TPSA) is 70.0 Å². The molecule has 124 valence electrons. The van der Waals surface area contributed by atoms with Gasteiger partial charge in [-0.3, -0.25) is 9.59 Å². The summed E-state index contributed by atoms with van der Waals surface area (Å²) < 4.78 is 18.1. The molecule has 1 amide bonds. The van der Waals surface area contributed by atoms with Gasteiger partial charge in [-0.05, 0) is 20.3 Å². The van der Waals surface area contributed by atoms with Crippen molar-refractivity contribution in [3.63, 3.8) is 0 Å². The molecule has 3 aliphatic rings. The van der Waals surface area contributed by atoms with Crippen molar-refractivity contribution in [3.05, 3.63) is 32.7 Å². The van der Waals surface area contributed by atoms with Crippen LogP contribution in [0.2, 0.25) is 5.02 Å². The summed E-state index contributed by atoms with van der Waals surface area (Å²) in [5, 5.41) is -0.0875. The van der Waals surface area contributed by atoms with Crippen LogP contribution in [-0.2, 0) is 20.8 Å². The molecule has 0 N–H and O–H groups in total. The van der Waals surface area contributed by atoms with E-state index in [2.05, 4.69) is 0 Å². The van der Waals surface area contributed by atoms with Gasteiger partial charge in [0.05, 0.1) is 18.7 Å². The van der Waals surface area contributed by atoms with Gasteiger partial charge >= 0.3 is 0 Å². The Bertz CT molecular complexity index is 727. The number of pyridine rings is 1. The van der Waals surface area contributed by atoms with E-state index in [1.165, 1.54) is 0 Å². The fourth-order valence-corrected chi connectivity index (χ4v) is 3.62. The Hall–Kier alpha value is -1.41. The van der Waals surface area contributed by atoms with E-state index >= 15 is 0 Å². The van der Waals surface area contributed by atoms with Crippen molar-refractivity contribution in [1.82, 2.24) is 9.47 Å². The molecule has 7 nitrogen and oxygen atoms in total. The fraction of sp³-hybridized carbons (Fsp3) is 0.600. The zero-order valence-corrected chi connectivity index (χ0v) is 13.6. The second-order valence-electron chi connectivity index (χ2n) is 6.08. The first-order valence-corrected chi connectivity index (χ1v) is 8.03. The van der Waals surface area contributed by atoms with Gasteiger partial charge in [-0.1, -0.05) is 11.6 Å². The zero-order valence-electron chi connectivity index (χ0n) is 12.8. The molecular weight excluding hydrogens is 324 g/mol. The number of carbonyl (C=O) groups excluding carboxylic acids is 1. The molecule has 4 heterocycles. The molecule has 2 saturated heterocycles. The Kier molecular flexibility index (Phi) is 3.49. The van der Waals surface area contributed by atoms with Crippen LogP contribution in [0.4, 0.5) is 0 Å². The molecule has 2 fully saturated rings. The van der Waals surface area contributed by atoms with Crippen LogP contribution in [-0.4, -0.2) is 40.5 Å². The molecule has 1 aromatic heterocycles. The molecule has 0 aromatic carbocycles. The summed E-state index contributed by atoms with van der Waals surface area (Å²) in [5.41, 5.74) is 0.0931. The molecule has 4 rings (SSSR count). The fourth-order valence-electron chi connectivity index (χ4n) is 3.32.